The molecule has 0 atom stereocenters. The smallest absolute Gasteiger partial charge is 0.270 e. The summed E-state index contributed by atoms with van der Waals surface area (Å²) in [6.45, 7) is 2.73. The lowest BCUT2D eigenvalue weighted by Crippen LogP contribution is -2.25. The Kier molecular flexibility index (Phi) is 5.71. The summed E-state index contributed by atoms with van der Waals surface area (Å²) in [4.78, 5) is 20.3. The first-order valence-electron chi connectivity index (χ1n) is 7.25. The van der Waals surface area contributed by atoms with E-state index in [1.54, 1.807) is 19.4 Å². The Bertz CT molecular complexity index is 631. The van der Waals surface area contributed by atoms with Crippen LogP contribution in [0.5, 0.6) is 5.75 Å². The number of amides is 1. The van der Waals surface area contributed by atoms with Crippen molar-refractivity contribution in [3.05, 3.63) is 42.2 Å². The molecule has 0 aliphatic heterocycles. The van der Waals surface area contributed by atoms with Crippen LogP contribution in [0.1, 0.15) is 30.3 Å². The van der Waals surface area contributed by atoms with Crippen LogP contribution in [0.25, 0.3) is 0 Å². The molecule has 116 valence electrons. The lowest BCUT2D eigenvalue weighted by Gasteiger charge is -2.08. The number of carbonyl (C=O) groups excluding carboxylic acids is 1. The molecule has 0 aliphatic carbocycles. The lowest BCUT2D eigenvalue weighted by molar-refractivity contribution is 0.0948. The second kappa shape index (κ2) is 7.97. The van der Waals surface area contributed by atoms with Crippen LogP contribution in [0.4, 0.5) is 11.6 Å². The maximum Gasteiger partial charge on any atom is 0.270 e. The molecular formula is C16H20N4O2. The summed E-state index contributed by atoms with van der Waals surface area (Å²) in [5.41, 5.74) is 1.14. The number of benzene rings is 1. The van der Waals surface area contributed by atoms with Gasteiger partial charge in [0.05, 0.1) is 7.11 Å². The van der Waals surface area contributed by atoms with Crippen LogP contribution in [0.3, 0.4) is 0 Å². The molecule has 22 heavy (non-hydrogen) atoms. The largest absolute Gasteiger partial charge is 0.497 e. The number of unbranched alkanes of at least 4 members (excludes halogenated alkanes) is 1. The SMILES string of the molecule is CCCCNC(=O)c1ccnc(Nc2cccc(OC)c2)n1. The predicted molar refractivity (Wildman–Crippen MR) is 85.5 cm³/mol. The van der Waals surface area contributed by atoms with E-state index in [9.17, 15) is 4.79 Å². The summed E-state index contributed by atoms with van der Waals surface area (Å²) in [7, 11) is 1.61. The van der Waals surface area contributed by atoms with Crippen molar-refractivity contribution in [2.75, 3.05) is 19.0 Å². The Morgan fingerprint density at radius 3 is 2.95 bits per heavy atom. The number of methoxy groups -OCH3 is 1. The van der Waals surface area contributed by atoms with Gasteiger partial charge < -0.3 is 15.4 Å². The number of aromatic nitrogens is 2. The maximum atomic E-state index is 12.0. The monoisotopic (exact) mass is 300 g/mol. The van der Waals surface area contributed by atoms with E-state index in [0.29, 0.717) is 18.2 Å². The molecule has 2 N–H and O–H groups in total. The molecule has 6 heteroatoms. The lowest BCUT2D eigenvalue weighted by atomic mass is 10.3. The molecule has 2 aromatic rings. The van der Waals surface area contributed by atoms with Gasteiger partial charge in [0.2, 0.25) is 5.95 Å². The molecule has 0 aliphatic rings. The van der Waals surface area contributed by atoms with Gasteiger partial charge in [-0.05, 0) is 24.6 Å². The van der Waals surface area contributed by atoms with E-state index >= 15 is 0 Å². The summed E-state index contributed by atoms with van der Waals surface area (Å²) >= 11 is 0. The van der Waals surface area contributed by atoms with Gasteiger partial charge in [-0.3, -0.25) is 4.79 Å². The summed E-state index contributed by atoms with van der Waals surface area (Å²) in [6.07, 6.45) is 3.54. The second-order valence-corrected chi connectivity index (χ2v) is 4.73. The highest BCUT2D eigenvalue weighted by Crippen LogP contribution is 2.19. The summed E-state index contributed by atoms with van der Waals surface area (Å²) in [6, 6.07) is 9.02. The minimum atomic E-state index is -0.190. The molecule has 2 rings (SSSR count). The molecule has 1 heterocycles. The first-order chi connectivity index (χ1) is 10.7. The van der Waals surface area contributed by atoms with E-state index in [4.69, 9.17) is 4.74 Å². The van der Waals surface area contributed by atoms with Crippen LogP contribution < -0.4 is 15.4 Å². The van der Waals surface area contributed by atoms with Crippen LogP contribution in [0, 0.1) is 0 Å². The number of nitrogens with one attached hydrogen (secondary N) is 2. The highest BCUT2D eigenvalue weighted by atomic mass is 16.5. The maximum absolute atomic E-state index is 12.0. The quantitative estimate of drug-likeness (QED) is 0.769. The average Bonchev–Trinajstić information content (AvgIpc) is 2.55. The van der Waals surface area contributed by atoms with Crippen molar-refractivity contribution < 1.29 is 9.53 Å². The number of anilines is 2. The van der Waals surface area contributed by atoms with E-state index in [-0.39, 0.29) is 5.91 Å². The standard InChI is InChI=1S/C16H20N4O2/c1-3-4-9-17-15(21)14-8-10-18-16(20-14)19-12-6-5-7-13(11-12)22-2/h5-8,10-11H,3-4,9H2,1-2H3,(H,17,21)(H,18,19,20). The molecule has 0 fully saturated rings. The van der Waals surface area contributed by atoms with Gasteiger partial charge in [0.25, 0.3) is 5.91 Å². The molecule has 0 saturated heterocycles. The van der Waals surface area contributed by atoms with E-state index < -0.39 is 0 Å². The van der Waals surface area contributed by atoms with E-state index in [1.807, 2.05) is 24.3 Å². The molecule has 0 radical (unpaired) electrons. The van der Waals surface area contributed by atoms with E-state index in [2.05, 4.69) is 27.5 Å². The molecule has 1 aromatic heterocycles. The molecule has 1 aromatic carbocycles. The topological polar surface area (TPSA) is 76.1 Å². The Hall–Kier alpha value is -2.63. The zero-order valence-corrected chi connectivity index (χ0v) is 12.8. The summed E-state index contributed by atoms with van der Waals surface area (Å²) < 4.78 is 5.16. The minimum absolute atomic E-state index is 0.190. The average molecular weight is 300 g/mol. The zero-order valence-electron chi connectivity index (χ0n) is 12.8. The molecule has 0 spiro atoms. The van der Waals surface area contributed by atoms with Gasteiger partial charge in [0.1, 0.15) is 11.4 Å². The Labute approximate surface area is 129 Å². The van der Waals surface area contributed by atoms with Gasteiger partial charge in [-0.25, -0.2) is 9.97 Å². The van der Waals surface area contributed by atoms with E-state index in [0.717, 1.165) is 24.3 Å². The number of ether oxygens (including phenoxy) is 1. The Balaban J connectivity index is 2.06. The van der Waals surface area contributed by atoms with Gasteiger partial charge in [0.15, 0.2) is 0 Å². The summed E-state index contributed by atoms with van der Waals surface area (Å²) in [5, 5.41) is 5.89. The van der Waals surface area contributed by atoms with Crippen molar-refractivity contribution in [1.82, 2.24) is 15.3 Å². The number of hydrogen-bond donors (Lipinski definition) is 2. The first kappa shape index (κ1) is 15.8. The second-order valence-electron chi connectivity index (χ2n) is 4.73. The Morgan fingerprint density at radius 2 is 2.18 bits per heavy atom. The molecule has 0 unspecified atom stereocenters. The summed E-state index contributed by atoms with van der Waals surface area (Å²) in [5.74, 6) is 0.916. The molecule has 6 nitrogen and oxygen atoms in total. The number of hydrogen-bond acceptors (Lipinski definition) is 5. The van der Waals surface area contributed by atoms with Crippen molar-refractivity contribution >= 4 is 17.5 Å². The fourth-order valence-corrected chi connectivity index (χ4v) is 1.84. The highest BCUT2D eigenvalue weighted by Gasteiger charge is 2.08. The van der Waals surface area contributed by atoms with Gasteiger partial charge in [-0.2, -0.15) is 0 Å². The molecular weight excluding hydrogens is 280 g/mol. The number of nitrogens with zero attached hydrogens (tertiary/aromatic N) is 2. The predicted octanol–water partition coefficient (Wildman–Crippen LogP) is 2.76. The molecule has 0 saturated carbocycles. The van der Waals surface area contributed by atoms with Gasteiger partial charge in [-0.15, -0.1) is 0 Å². The van der Waals surface area contributed by atoms with Gasteiger partial charge in [0, 0.05) is 24.5 Å². The minimum Gasteiger partial charge on any atom is -0.497 e. The van der Waals surface area contributed by atoms with Crippen molar-refractivity contribution in [3.8, 4) is 5.75 Å². The van der Waals surface area contributed by atoms with Gasteiger partial charge >= 0.3 is 0 Å². The van der Waals surface area contributed by atoms with Crippen LogP contribution in [-0.2, 0) is 0 Å². The Morgan fingerprint density at radius 1 is 1.32 bits per heavy atom. The number of carbonyl (C=O) groups is 1. The fourth-order valence-electron chi connectivity index (χ4n) is 1.84. The number of rotatable bonds is 7. The molecule has 1 amide bonds. The third-order valence-corrected chi connectivity index (χ3v) is 3.03. The van der Waals surface area contributed by atoms with Crippen LogP contribution in [0.15, 0.2) is 36.5 Å². The highest BCUT2D eigenvalue weighted by molar-refractivity contribution is 5.92. The third-order valence-electron chi connectivity index (χ3n) is 3.03. The fraction of sp³-hybridized carbons (Fsp3) is 0.312. The van der Waals surface area contributed by atoms with Gasteiger partial charge in [-0.1, -0.05) is 19.4 Å². The first-order valence-corrected chi connectivity index (χ1v) is 7.25. The third kappa shape index (κ3) is 4.44. The van der Waals surface area contributed by atoms with Crippen molar-refractivity contribution in [2.45, 2.75) is 19.8 Å². The van der Waals surface area contributed by atoms with Crippen molar-refractivity contribution in [2.24, 2.45) is 0 Å². The van der Waals surface area contributed by atoms with Crippen LogP contribution >= 0.6 is 0 Å². The van der Waals surface area contributed by atoms with E-state index in [1.165, 1.54) is 0 Å². The van der Waals surface area contributed by atoms with Crippen LogP contribution in [-0.4, -0.2) is 29.5 Å². The zero-order chi connectivity index (χ0) is 15.8. The molecule has 0 bridgehead atoms. The normalized spacial score (nSPS) is 10.1. The van der Waals surface area contributed by atoms with Crippen molar-refractivity contribution in [3.63, 3.8) is 0 Å². The van der Waals surface area contributed by atoms with Crippen molar-refractivity contribution in [1.29, 1.82) is 0 Å². The van der Waals surface area contributed by atoms with Crippen LogP contribution in [0.2, 0.25) is 0 Å².